The third-order valence-electron chi connectivity index (χ3n) is 2.57. The highest BCUT2D eigenvalue weighted by Crippen LogP contribution is 2.21. The van der Waals surface area contributed by atoms with E-state index in [2.05, 4.69) is 5.32 Å². The number of halogens is 1. The minimum atomic E-state index is -0.380. The molecule has 0 aromatic heterocycles. The van der Waals surface area contributed by atoms with Gasteiger partial charge in [0.15, 0.2) is 0 Å². The van der Waals surface area contributed by atoms with Crippen molar-refractivity contribution < 1.29 is 4.39 Å². The Labute approximate surface area is 105 Å². The number of benzene rings is 2. The number of nitrogens with zero attached hydrogens (tertiary/aromatic N) is 1. The number of nitrogens with one attached hydrogen (secondary N) is 1. The summed E-state index contributed by atoms with van der Waals surface area (Å²) in [4.78, 5) is 0. The Morgan fingerprint density at radius 2 is 1.89 bits per heavy atom. The number of nitrogens with two attached hydrogens (primary N) is 1. The first-order valence-corrected chi connectivity index (χ1v) is 5.48. The Kier molecular flexibility index (Phi) is 3.56. The zero-order valence-corrected chi connectivity index (χ0v) is 9.65. The van der Waals surface area contributed by atoms with Crippen molar-refractivity contribution in [1.29, 1.82) is 5.26 Å². The molecule has 0 bridgehead atoms. The van der Waals surface area contributed by atoms with Gasteiger partial charge < -0.3 is 11.1 Å². The van der Waals surface area contributed by atoms with Gasteiger partial charge in [0.05, 0.1) is 11.3 Å². The van der Waals surface area contributed by atoms with Crippen LogP contribution in [-0.4, -0.2) is 0 Å². The van der Waals surface area contributed by atoms with Gasteiger partial charge in [0, 0.05) is 12.2 Å². The van der Waals surface area contributed by atoms with Crippen LogP contribution in [0.3, 0.4) is 0 Å². The molecule has 0 spiro atoms. The summed E-state index contributed by atoms with van der Waals surface area (Å²) in [6.07, 6.45) is 0. The van der Waals surface area contributed by atoms with Crippen LogP contribution in [0.5, 0.6) is 0 Å². The molecule has 2 aromatic carbocycles. The fraction of sp³-hybridized carbons (Fsp3) is 0.0714. The van der Waals surface area contributed by atoms with Crippen LogP contribution in [0.15, 0.2) is 42.5 Å². The van der Waals surface area contributed by atoms with Gasteiger partial charge in [-0.3, -0.25) is 0 Å². The topological polar surface area (TPSA) is 61.8 Å². The SMILES string of the molecule is N#Cc1ccc(F)cc1Nc1ccc(CN)cc1. The van der Waals surface area contributed by atoms with E-state index in [1.807, 2.05) is 30.3 Å². The Morgan fingerprint density at radius 1 is 1.17 bits per heavy atom. The number of anilines is 2. The van der Waals surface area contributed by atoms with Crippen LogP contribution in [0.1, 0.15) is 11.1 Å². The molecule has 0 unspecified atom stereocenters. The Balaban J connectivity index is 2.27. The molecule has 3 N–H and O–H groups in total. The van der Waals surface area contributed by atoms with Crippen molar-refractivity contribution in [3.8, 4) is 6.07 Å². The number of nitriles is 1. The van der Waals surface area contributed by atoms with Crippen LogP contribution < -0.4 is 11.1 Å². The molecule has 0 heterocycles. The molecule has 2 aromatic rings. The van der Waals surface area contributed by atoms with Crippen LogP contribution in [0.4, 0.5) is 15.8 Å². The predicted octanol–water partition coefficient (Wildman–Crippen LogP) is 2.90. The van der Waals surface area contributed by atoms with Gasteiger partial charge in [-0.2, -0.15) is 5.26 Å². The van der Waals surface area contributed by atoms with Crippen molar-refractivity contribution >= 4 is 11.4 Å². The van der Waals surface area contributed by atoms with Crippen molar-refractivity contribution in [1.82, 2.24) is 0 Å². The van der Waals surface area contributed by atoms with E-state index in [-0.39, 0.29) is 5.82 Å². The molecule has 2 rings (SSSR count). The highest BCUT2D eigenvalue weighted by molar-refractivity contribution is 5.66. The summed E-state index contributed by atoms with van der Waals surface area (Å²) in [6, 6.07) is 13.5. The van der Waals surface area contributed by atoms with Crippen molar-refractivity contribution in [3.05, 3.63) is 59.4 Å². The van der Waals surface area contributed by atoms with Crippen molar-refractivity contribution in [2.75, 3.05) is 5.32 Å². The molecule has 0 fully saturated rings. The Hall–Kier alpha value is -2.38. The van der Waals surface area contributed by atoms with Gasteiger partial charge in [-0.05, 0) is 35.9 Å². The summed E-state index contributed by atoms with van der Waals surface area (Å²) < 4.78 is 13.1. The molecule has 0 radical (unpaired) electrons. The smallest absolute Gasteiger partial charge is 0.125 e. The number of hydrogen-bond acceptors (Lipinski definition) is 3. The second-order valence-corrected chi connectivity index (χ2v) is 3.83. The van der Waals surface area contributed by atoms with Gasteiger partial charge in [-0.1, -0.05) is 12.1 Å². The van der Waals surface area contributed by atoms with Crippen molar-refractivity contribution in [2.24, 2.45) is 5.73 Å². The summed E-state index contributed by atoms with van der Waals surface area (Å²) in [5.74, 6) is -0.380. The van der Waals surface area contributed by atoms with Crippen LogP contribution >= 0.6 is 0 Å². The molecule has 0 aliphatic heterocycles. The normalized spacial score (nSPS) is 9.83. The summed E-state index contributed by atoms with van der Waals surface area (Å²) in [5.41, 5.74) is 8.16. The average Bonchev–Trinajstić information content (AvgIpc) is 2.40. The van der Waals surface area contributed by atoms with Gasteiger partial charge in [0.2, 0.25) is 0 Å². The zero-order valence-electron chi connectivity index (χ0n) is 9.65. The first kappa shape index (κ1) is 12.1. The number of rotatable bonds is 3. The Morgan fingerprint density at radius 3 is 2.50 bits per heavy atom. The maximum Gasteiger partial charge on any atom is 0.125 e. The molecule has 4 heteroatoms. The van der Waals surface area contributed by atoms with Gasteiger partial charge in [0.1, 0.15) is 11.9 Å². The van der Waals surface area contributed by atoms with Gasteiger partial charge in [-0.25, -0.2) is 4.39 Å². The largest absolute Gasteiger partial charge is 0.354 e. The quantitative estimate of drug-likeness (QED) is 0.868. The van der Waals surface area contributed by atoms with Gasteiger partial charge in [0.25, 0.3) is 0 Å². The van der Waals surface area contributed by atoms with Crippen LogP contribution in [0, 0.1) is 17.1 Å². The summed E-state index contributed by atoms with van der Waals surface area (Å²) in [7, 11) is 0. The molecule has 90 valence electrons. The molecule has 0 aliphatic carbocycles. The predicted molar refractivity (Wildman–Crippen MR) is 68.7 cm³/mol. The van der Waals surface area contributed by atoms with E-state index in [1.54, 1.807) is 0 Å². The molecule has 0 aliphatic rings. The molecule has 0 saturated carbocycles. The third kappa shape index (κ3) is 2.65. The minimum absolute atomic E-state index is 0.380. The fourth-order valence-electron chi connectivity index (χ4n) is 1.60. The standard InChI is InChI=1S/C14H12FN3/c15-12-4-3-11(9-17)14(7-12)18-13-5-1-10(8-16)2-6-13/h1-7,18H,8,16H2. The van der Waals surface area contributed by atoms with Gasteiger partial charge in [-0.15, -0.1) is 0 Å². The molecular weight excluding hydrogens is 229 g/mol. The maximum absolute atomic E-state index is 13.1. The van der Waals surface area contributed by atoms with E-state index in [4.69, 9.17) is 11.0 Å². The Bertz CT molecular complexity index is 585. The molecule has 3 nitrogen and oxygen atoms in total. The van der Waals surface area contributed by atoms with Crippen LogP contribution in [-0.2, 0) is 6.54 Å². The molecular formula is C14H12FN3. The van der Waals surface area contributed by atoms with E-state index in [9.17, 15) is 4.39 Å². The van der Waals surface area contributed by atoms with E-state index < -0.39 is 0 Å². The van der Waals surface area contributed by atoms with E-state index in [0.29, 0.717) is 17.8 Å². The maximum atomic E-state index is 13.1. The fourth-order valence-corrected chi connectivity index (χ4v) is 1.60. The second-order valence-electron chi connectivity index (χ2n) is 3.83. The summed E-state index contributed by atoms with van der Waals surface area (Å²) in [6.45, 7) is 0.476. The lowest BCUT2D eigenvalue weighted by Gasteiger charge is -2.08. The monoisotopic (exact) mass is 241 g/mol. The van der Waals surface area contributed by atoms with E-state index in [1.165, 1.54) is 18.2 Å². The first-order valence-electron chi connectivity index (χ1n) is 5.48. The van der Waals surface area contributed by atoms with Gasteiger partial charge >= 0.3 is 0 Å². The lowest BCUT2D eigenvalue weighted by molar-refractivity contribution is 0.628. The number of hydrogen-bond donors (Lipinski definition) is 2. The molecule has 0 atom stereocenters. The van der Waals surface area contributed by atoms with Crippen LogP contribution in [0.2, 0.25) is 0 Å². The lowest BCUT2D eigenvalue weighted by atomic mass is 10.1. The molecule has 18 heavy (non-hydrogen) atoms. The molecule has 0 amide bonds. The van der Waals surface area contributed by atoms with E-state index >= 15 is 0 Å². The lowest BCUT2D eigenvalue weighted by Crippen LogP contribution is -1.97. The highest BCUT2D eigenvalue weighted by Gasteiger charge is 2.04. The van der Waals surface area contributed by atoms with Crippen molar-refractivity contribution in [2.45, 2.75) is 6.54 Å². The second kappa shape index (κ2) is 5.30. The van der Waals surface area contributed by atoms with Crippen molar-refractivity contribution in [3.63, 3.8) is 0 Å². The highest BCUT2D eigenvalue weighted by atomic mass is 19.1. The first-order chi connectivity index (χ1) is 8.72. The third-order valence-corrected chi connectivity index (χ3v) is 2.57. The summed E-state index contributed by atoms with van der Waals surface area (Å²) >= 11 is 0. The molecule has 0 saturated heterocycles. The van der Waals surface area contributed by atoms with E-state index in [0.717, 1.165) is 11.3 Å². The van der Waals surface area contributed by atoms with Crippen LogP contribution in [0.25, 0.3) is 0 Å². The zero-order chi connectivity index (χ0) is 13.0. The average molecular weight is 241 g/mol. The minimum Gasteiger partial charge on any atom is -0.354 e. The summed E-state index contributed by atoms with van der Waals surface area (Å²) in [5, 5.41) is 12.0.